The number of hydrogen-bond acceptors (Lipinski definition) is 2. The van der Waals surface area contributed by atoms with E-state index in [1.165, 1.54) is 19.3 Å². The molecule has 2 aliphatic rings. The summed E-state index contributed by atoms with van der Waals surface area (Å²) in [6.07, 6.45) is 4.93. The Labute approximate surface area is 93.0 Å². The Hall–Kier alpha value is -0.0800. The fourth-order valence-electron chi connectivity index (χ4n) is 2.99. The van der Waals surface area contributed by atoms with Gasteiger partial charge in [0.1, 0.15) is 0 Å². The second kappa shape index (κ2) is 3.74. The van der Waals surface area contributed by atoms with E-state index in [1.807, 2.05) is 0 Å². The van der Waals surface area contributed by atoms with Gasteiger partial charge < -0.3 is 9.84 Å². The van der Waals surface area contributed by atoms with E-state index in [-0.39, 0.29) is 11.0 Å². The van der Waals surface area contributed by atoms with Crippen molar-refractivity contribution < 1.29 is 9.84 Å². The zero-order valence-electron chi connectivity index (χ0n) is 10.3. The average molecular weight is 212 g/mol. The van der Waals surface area contributed by atoms with Crippen LogP contribution < -0.4 is 0 Å². The van der Waals surface area contributed by atoms with Crippen LogP contribution in [0.3, 0.4) is 0 Å². The van der Waals surface area contributed by atoms with Crippen LogP contribution in [0.1, 0.15) is 46.5 Å². The van der Waals surface area contributed by atoms with E-state index in [9.17, 15) is 5.11 Å². The molecule has 0 spiro atoms. The maximum atomic E-state index is 9.53. The molecule has 2 nitrogen and oxygen atoms in total. The highest BCUT2D eigenvalue weighted by Gasteiger charge is 2.53. The van der Waals surface area contributed by atoms with Crippen molar-refractivity contribution >= 4 is 0 Å². The van der Waals surface area contributed by atoms with Crippen LogP contribution in [0.25, 0.3) is 0 Å². The Kier molecular flexibility index (Phi) is 2.85. The van der Waals surface area contributed by atoms with Crippen molar-refractivity contribution in [2.75, 3.05) is 13.2 Å². The molecule has 88 valence electrons. The number of rotatable bonds is 4. The predicted molar refractivity (Wildman–Crippen MR) is 60.7 cm³/mol. The molecule has 2 unspecified atom stereocenters. The van der Waals surface area contributed by atoms with Crippen molar-refractivity contribution in [3.8, 4) is 0 Å². The molecule has 2 fully saturated rings. The van der Waals surface area contributed by atoms with E-state index < -0.39 is 0 Å². The van der Waals surface area contributed by atoms with Gasteiger partial charge in [0.2, 0.25) is 0 Å². The zero-order chi connectivity index (χ0) is 11.1. The van der Waals surface area contributed by atoms with Gasteiger partial charge in [0.25, 0.3) is 0 Å². The van der Waals surface area contributed by atoms with Crippen molar-refractivity contribution in [1.82, 2.24) is 0 Å². The van der Waals surface area contributed by atoms with Crippen molar-refractivity contribution in [2.24, 2.45) is 17.3 Å². The van der Waals surface area contributed by atoms with E-state index in [4.69, 9.17) is 4.74 Å². The van der Waals surface area contributed by atoms with E-state index >= 15 is 0 Å². The lowest BCUT2D eigenvalue weighted by Gasteiger charge is -2.30. The topological polar surface area (TPSA) is 29.5 Å². The minimum atomic E-state index is -0.0435. The van der Waals surface area contributed by atoms with Crippen LogP contribution in [0.15, 0.2) is 0 Å². The van der Waals surface area contributed by atoms with Gasteiger partial charge in [-0.2, -0.15) is 0 Å². The molecule has 0 amide bonds. The molecule has 2 saturated carbocycles. The van der Waals surface area contributed by atoms with Gasteiger partial charge in [-0.05, 0) is 63.7 Å². The summed E-state index contributed by atoms with van der Waals surface area (Å²) in [5.74, 6) is 1.87. The van der Waals surface area contributed by atoms with Crippen LogP contribution >= 0.6 is 0 Å². The SMILES string of the molecule is CC(C)(C)OCCC1(CO)CC2CC2C1. The summed E-state index contributed by atoms with van der Waals surface area (Å²) < 4.78 is 5.76. The lowest BCUT2D eigenvalue weighted by Crippen LogP contribution is -2.28. The zero-order valence-corrected chi connectivity index (χ0v) is 10.3. The Morgan fingerprint density at radius 2 is 1.87 bits per heavy atom. The maximum absolute atomic E-state index is 9.53. The molecular weight excluding hydrogens is 188 g/mol. The first-order chi connectivity index (χ1) is 6.94. The third kappa shape index (κ3) is 2.73. The minimum absolute atomic E-state index is 0.0435. The summed E-state index contributed by atoms with van der Waals surface area (Å²) in [7, 11) is 0. The van der Waals surface area contributed by atoms with E-state index in [0.717, 1.165) is 24.9 Å². The van der Waals surface area contributed by atoms with Gasteiger partial charge in [-0.15, -0.1) is 0 Å². The fraction of sp³-hybridized carbons (Fsp3) is 1.00. The van der Waals surface area contributed by atoms with Crippen molar-refractivity contribution in [3.63, 3.8) is 0 Å². The minimum Gasteiger partial charge on any atom is -0.396 e. The molecule has 0 aliphatic heterocycles. The Morgan fingerprint density at radius 3 is 2.33 bits per heavy atom. The molecule has 15 heavy (non-hydrogen) atoms. The van der Waals surface area contributed by atoms with Gasteiger partial charge in [0.15, 0.2) is 0 Å². The largest absolute Gasteiger partial charge is 0.396 e. The number of aliphatic hydroxyl groups excluding tert-OH is 1. The molecule has 2 atom stereocenters. The molecule has 1 N–H and O–H groups in total. The van der Waals surface area contributed by atoms with Crippen LogP contribution in [0.4, 0.5) is 0 Å². The van der Waals surface area contributed by atoms with Crippen LogP contribution in [0, 0.1) is 17.3 Å². The smallest absolute Gasteiger partial charge is 0.0598 e. The first-order valence-corrected chi connectivity index (χ1v) is 6.19. The maximum Gasteiger partial charge on any atom is 0.0598 e. The van der Waals surface area contributed by atoms with Gasteiger partial charge >= 0.3 is 0 Å². The molecule has 0 aromatic carbocycles. The van der Waals surface area contributed by atoms with Crippen LogP contribution in [-0.4, -0.2) is 23.9 Å². The second-order valence-electron chi connectivity index (χ2n) is 6.53. The molecule has 0 aromatic heterocycles. The summed E-state index contributed by atoms with van der Waals surface area (Å²) in [4.78, 5) is 0. The number of fused-ring (bicyclic) bond motifs is 1. The standard InChI is InChI=1S/C13H24O2/c1-12(2,3)15-5-4-13(9-14)7-10-6-11(10)8-13/h10-11,14H,4-9H2,1-3H3. The van der Waals surface area contributed by atoms with Gasteiger partial charge in [-0.1, -0.05) is 0 Å². The van der Waals surface area contributed by atoms with Crippen molar-refractivity contribution in [2.45, 2.75) is 52.1 Å². The number of aliphatic hydroxyl groups is 1. The Bertz CT molecular complexity index is 219. The highest BCUT2D eigenvalue weighted by molar-refractivity contribution is 5.03. The average Bonchev–Trinajstić information content (AvgIpc) is 2.73. The first kappa shape index (κ1) is 11.4. The molecule has 2 rings (SSSR count). The summed E-state index contributed by atoms with van der Waals surface area (Å²) >= 11 is 0. The molecule has 2 aliphatic carbocycles. The third-order valence-corrected chi connectivity index (χ3v) is 3.96. The summed E-state index contributed by atoms with van der Waals surface area (Å²) in [5.41, 5.74) is 0.164. The number of ether oxygens (including phenoxy) is 1. The molecule has 0 saturated heterocycles. The third-order valence-electron chi connectivity index (χ3n) is 3.96. The quantitative estimate of drug-likeness (QED) is 0.776. The summed E-state index contributed by atoms with van der Waals surface area (Å²) in [6.45, 7) is 7.41. The molecule has 2 heteroatoms. The van der Waals surface area contributed by atoms with E-state index in [2.05, 4.69) is 20.8 Å². The Balaban J connectivity index is 1.77. The van der Waals surface area contributed by atoms with Crippen molar-refractivity contribution in [1.29, 1.82) is 0 Å². The highest BCUT2D eigenvalue weighted by atomic mass is 16.5. The number of hydrogen-bond donors (Lipinski definition) is 1. The van der Waals surface area contributed by atoms with E-state index in [1.54, 1.807) is 0 Å². The molecular formula is C13H24O2. The molecule has 0 heterocycles. The van der Waals surface area contributed by atoms with Gasteiger partial charge in [0, 0.05) is 13.2 Å². The Morgan fingerprint density at radius 1 is 1.27 bits per heavy atom. The van der Waals surface area contributed by atoms with Crippen LogP contribution in [0.2, 0.25) is 0 Å². The van der Waals surface area contributed by atoms with Gasteiger partial charge in [-0.25, -0.2) is 0 Å². The predicted octanol–water partition coefficient (Wildman–Crippen LogP) is 2.60. The van der Waals surface area contributed by atoms with Gasteiger partial charge in [-0.3, -0.25) is 0 Å². The van der Waals surface area contributed by atoms with Crippen molar-refractivity contribution in [3.05, 3.63) is 0 Å². The van der Waals surface area contributed by atoms with Crippen LogP contribution in [-0.2, 0) is 4.74 Å². The molecule has 0 bridgehead atoms. The monoisotopic (exact) mass is 212 g/mol. The summed E-state index contributed by atoms with van der Waals surface area (Å²) in [6, 6.07) is 0. The van der Waals surface area contributed by atoms with Crippen LogP contribution in [0.5, 0.6) is 0 Å². The fourth-order valence-corrected chi connectivity index (χ4v) is 2.99. The van der Waals surface area contributed by atoms with E-state index in [0.29, 0.717) is 6.61 Å². The highest BCUT2D eigenvalue weighted by Crippen LogP contribution is 2.60. The summed E-state index contributed by atoms with van der Waals surface area (Å²) in [5, 5.41) is 9.53. The lowest BCUT2D eigenvalue weighted by atomic mass is 9.81. The molecule has 0 radical (unpaired) electrons. The first-order valence-electron chi connectivity index (χ1n) is 6.19. The second-order valence-corrected chi connectivity index (χ2v) is 6.53. The lowest BCUT2D eigenvalue weighted by molar-refractivity contribution is -0.0278. The molecule has 0 aromatic rings. The van der Waals surface area contributed by atoms with Gasteiger partial charge in [0.05, 0.1) is 5.60 Å². The normalized spacial score (nSPS) is 39.2.